The minimum atomic E-state index is 0.117. The molecule has 0 saturated heterocycles. The number of ether oxygens (including phenoxy) is 1. The van der Waals surface area contributed by atoms with Crippen molar-refractivity contribution in [2.24, 2.45) is 0 Å². The monoisotopic (exact) mass is 288 g/mol. The molecule has 116 valence electrons. The van der Waals surface area contributed by atoms with Crippen LogP contribution in [0.3, 0.4) is 0 Å². The van der Waals surface area contributed by atoms with Gasteiger partial charge in [0.2, 0.25) is 0 Å². The van der Waals surface area contributed by atoms with Crippen LogP contribution in [-0.4, -0.2) is 18.3 Å². The second-order valence-corrected chi connectivity index (χ2v) is 5.37. The average Bonchev–Trinajstić information content (AvgIpc) is 2.48. The van der Waals surface area contributed by atoms with Gasteiger partial charge in [0.15, 0.2) is 0 Å². The fourth-order valence-electron chi connectivity index (χ4n) is 2.17. The van der Waals surface area contributed by atoms with Gasteiger partial charge in [0.05, 0.1) is 13.2 Å². The molecule has 1 aromatic carbocycles. The lowest BCUT2D eigenvalue weighted by Crippen LogP contribution is -1.99. The number of aryl methyl sites for hydroxylation is 1. The summed E-state index contributed by atoms with van der Waals surface area (Å²) in [5.41, 5.74) is 2.10. The molecule has 0 unspecified atom stereocenters. The molecule has 0 atom stereocenters. The van der Waals surface area contributed by atoms with Crippen molar-refractivity contribution < 1.29 is 9.84 Å². The Bertz CT molecular complexity index is 454. The van der Waals surface area contributed by atoms with Gasteiger partial charge >= 0.3 is 0 Å². The third kappa shape index (κ3) is 7.78. The van der Waals surface area contributed by atoms with Gasteiger partial charge in [-0.05, 0) is 37.1 Å². The van der Waals surface area contributed by atoms with E-state index in [-0.39, 0.29) is 6.61 Å². The quantitative estimate of drug-likeness (QED) is 0.536. The van der Waals surface area contributed by atoms with Crippen molar-refractivity contribution in [2.45, 2.75) is 58.8 Å². The molecule has 0 spiro atoms. The molecular formula is C19H28O2. The van der Waals surface area contributed by atoms with Crippen LogP contribution in [0.1, 0.15) is 63.0 Å². The van der Waals surface area contributed by atoms with E-state index in [4.69, 9.17) is 9.84 Å². The van der Waals surface area contributed by atoms with Crippen LogP contribution in [0.4, 0.5) is 0 Å². The van der Waals surface area contributed by atoms with Crippen LogP contribution in [-0.2, 0) is 0 Å². The number of unbranched alkanes of at least 4 members (excludes halogenated alkanes) is 5. The van der Waals surface area contributed by atoms with Crippen LogP contribution in [0.2, 0.25) is 0 Å². The standard InChI is InChI=1S/C19H28O2/c1-3-4-5-6-7-10-15-21-19-13-12-18(16-17(19)2)11-8-9-14-20/h12-13,16,20H,3-7,9-10,14-15H2,1-2H3. The third-order valence-electron chi connectivity index (χ3n) is 3.40. The molecule has 0 aliphatic carbocycles. The first-order chi connectivity index (χ1) is 10.3. The van der Waals surface area contributed by atoms with Crippen molar-refractivity contribution in [3.63, 3.8) is 0 Å². The summed E-state index contributed by atoms with van der Waals surface area (Å²) in [4.78, 5) is 0. The van der Waals surface area contributed by atoms with E-state index in [0.29, 0.717) is 6.42 Å². The zero-order valence-corrected chi connectivity index (χ0v) is 13.5. The summed E-state index contributed by atoms with van der Waals surface area (Å²) in [6, 6.07) is 6.02. The van der Waals surface area contributed by atoms with Crippen LogP contribution in [0.5, 0.6) is 5.75 Å². The highest BCUT2D eigenvalue weighted by Crippen LogP contribution is 2.19. The zero-order chi connectivity index (χ0) is 15.3. The molecule has 0 aliphatic heterocycles. The molecule has 0 aromatic heterocycles. The maximum atomic E-state index is 8.71. The number of hydrogen-bond donors (Lipinski definition) is 1. The van der Waals surface area contributed by atoms with E-state index >= 15 is 0 Å². The molecule has 0 aliphatic rings. The van der Waals surface area contributed by atoms with E-state index in [1.165, 1.54) is 32.1 Å². The molecule has 0 bridgehead atoms. The molecule has 0 radical (unpaired) electrons. The topological polar surface area (TPSA) is 29.5 Å². The summed E-state index contributed by atoms with van der Waals surface area (Å²) < 4.78 is 5.84. The molecule has 21 heavy (non-hydrogen) atoms. The summed E-state index contributed by atoms with van der Waals surface area (Å²) in [6.45, 7) is 5.20. The van der Waals surface area contributed by atoms with E-state index in [1.807, 2.05) is 25.1 Å². The van der Waals surface area contributed by atoms with Gasteiger partial charge in [-0.15, -0.1) is 0 Å². The first kappa shape index (κ1) is 17.6. The van der Waals surface area contributed by atoms with Gasteiger partial charge < -0.3 is 9.84 Å². The van der Waals surface area contributed by atoms with Crippen LogP contribution in [0.25, 0.3) is 0 Å². The van der Waals surface area contributed by atoms with Gasteiger partial charge in [-0.25, -0.2) is 0 Å². The maximum absolute atomic E-state index is 8.71. The van der Waals surface area contributed by atoms with Crippen molar-refractivity contribution >= 4 is 0 Å². The Hall–Kier alpha value is -1.46. The average molecular weight is 288 g/mol. The van der Waals surface area contributed by atoms with Gasteiger partial charge in [0, 0.05) is 12.0 Å². The summed E-state index contributed by atoms with van der Waals surface area (Å²) >= 11 is 0. The highest BCUT2D eigenvalue weighted by molar-refractivity contribution is 5.43. The Morgan fingerprint density at radius 1 is 1.10 bits per heavy atom. The first-order valence-corrected chi connectivity index (χ1v) is 8.11. The highest BCUT2D eigenvalue weighted by Gasteiger charge is 2.00. The maximum Gasteiger partial charge on any atom is 0.122 e. The lowest BCUT2D eigenvalue weighted by Gasteiger charge is -2.09. The van der Waals surface area contributed by atoms with Crippen LogP contribution in [0.15, 0.2) is 18.2 Å². The van der Waals surface area contributed by atoms with Gasteiger partial charge in [0.1, 0.15) is 5.75 Å². The zero-order valence-electron chi connectivity index (χ0n) is 13.5. The van der Waals surface area contributed by atoms with Crippen LogP contribution >= 0.6 is 0 Å². The molecule has 0 heterocycles. The van der Waals surface area contributed by atoms with Crippen LogP contribution < -0.4 is 4.74 Å². The van der Waals surface area contributed by atoms with Crippen molar-refractivity contribution in [3.05, 3.63) is 29.3 Å². The van der Waals surface area contributed by atoms with Gasteiger partial charge in [-0.1, -0.05) is 50.9 Å². The lowest BCUT2D eigenvalue weighted by molar-refractivity contribution is 0.302. The molecule has 2 heteroatoms. The predicted molar refractivity (Wildman–Crippen MR) is 88.6 cm³/mol. The molecule has 0 amide bonds. The lowest BCUT2D eigenvalue weighted by atomic mass is 10.1. The van der Waals surface area contributed by atoms with E-state index in [1.54, 1.807) is 0 Å². The number of rotatable bonds is 9. The van der Waals surface area contributed by atoms with Crippen molar-refractivity contribution in [3.8, 4) is 17.6 Å². The summed E-state index contributed by atoms with van der Waals surface area (Å²) in [5.74, 6) is 6.93. The number of aliphatic hydroxyl groups excluding tert-OH is 1. The van der Waals surface area contributed by atoms with Crippen molar-refractivity contribution in [1.82, 2.24) is 0 Å². The molecule has 0 saturated carbocycles. The highest BCUT2D eigenvalue weighted by atomic mass is 16.5. The minimum absolute atomic E-state index is 0.117. The van der Waals surface area contributed by atoms with Crippen molar-refractivity contribution in [2.75, 3.05) is 13.2 Å². The van der Waals surface area contributed by atoms with E-state index in [0.717, 1.165) is 29.9 Å². The van der Waals surface area contributed by atoms with E-state index < -0.39 is 0 Å². The van der Waals surface area contributed by atoms with Gasteiger partial charge in [-0.2, -0.15) is 0 Å². The summed E-state index contributed by atoms with van der Waals surface area (Å²) in [6.07, 6.45) is 8.20. The van der Waals surface area contributed by atoms with E-state index in [2.05, 4.69) is 18.8 Å². The Morgan fingerprint density at radius 3 is 2.57 bits per heavy atom. The third-order valence-corrected chi connectivity index (χ3v) is 3.40. The van der Waals surface area contributed by atoms with Gasteiger partial charge in [0.25, 0.3) is 0 Å². The molecular weight excluding hydrogens is 260 g/mol. The molecule has 0 fully saturated rings. The SMILES string of the molecule is CCCCCCCCOc1ccc(C#CCCO)cc1C. The predicted octanol–water partition coefficient (Wildman–Crippen LogP) is 4.47. The Kier molecular flexibility index (Phi) is 9.40. The molecule has 2 nitrogen and oxygen atoms in total. The fourth-order valence-corrected chi connectivity index (χ4v) is 2.17. The first-order valence-electron chi connectivity index (χ1n) is 8.11. The van der Waals surface area contributed by atoms with Crippen LogP contribution in [0, 0.1) is 18.8 Å². The molecule has 1 rings (SSSR count). The Morgan fingerprint density at radius 2 is 1.86 bits per heavy atom. The Balaban J connectivity index is 2.31. The molecule has 1 N–H and O–H groups in total. The minimum Gasteiger partial charge on any atom is -0.493 e. The summed E-state index contributed by atoms with van der Waals surface area (Å²) in [5, 5.41) is 8.71. The largest absolute Gasteiger partial charge is 0.493 e. The number of aliphatic hydroxyl groups is 1. The number of benzene rings is 1. The second kappa shape index (κ2) is 11.2. The van der Waals surface area contributed by atoms with Gasteiger partial charge in [-0.3, -0.25) is 0 Å². The second-order valence-electron chi connectivity index (χ2n) is 5.37. The fraction of sp³-hybridized carbons (Fsp3) is 0.579. The summed E-state index contributed by atoms with van der Waals surface area (Å²) in [7, 11) is 0. The normalized spacial score (nSPS) is 10.0. The van der Waals surface area contributed by atoms with E-state index in [9.17, 15) is 0 Å². The smallest absolute Gasteiger partial charge is 0.122 e. The molecule has 1 aromatic rings. The Labute approximate surface area is 129 Å². The number of hydrogen-bond acceptors (Lipinski definition) is 2. The van der Waals surface area contributed by atoms with Crippen molar-refractivity contribution in [1.29, 1.82) is 0 Å².